The highest BCUT2D eigenvalue weighted by Gasteiger charge is 2.24. The molecule has 0 spiro atoms. The zero-order chi connectivity index (χ0) is 13.4. The van der Waals surface area contributed by atoms with Gasteiger partial charge in [-0.15, -0.1) is 12.4 Å². The number of hydrogen-bond acceptors (Lipinski definition) is 2. The molecule has 2 unspecified atom stereocenters. The van der Waals surface area contributed by atoms with Gasteiger partial charge in [0.05, 0.1) is 0 Å². The van der Waals surface area contributed by atoms with Crippen LogP contribution in [0.3, 0.4) is 0 Å². The highest BCUT2D eigenvalue weighted by Crippen LogP contribution is 2.31. The third-order valence-electron chi connectivity index (χ3n) is 4.00. The Balaban J connectivity index is 0.00000324. The van der Waals surface area contributed by atoms with Gasteiger partial charge in [-0.05, 0) is 32.1 Å². The molecule has 1 amide bonds. The van der Waals surface area contributed by atoms with Crippen LogP contribution in [0.5, 0.6) is 0 Å². The van der Waals surface area contributed by atoms with Crippen LogP contribution in [0.2, 0.25) is 0 Å². The second-order valence-corrected chi connectivity index (χ2v) is 5.93. The molecule has 1 fully saturated rings. The topological polar surface area (TPSA) is 55.1 Å². The number of nitrogens with two attached hydrogens (primary N) is 1. The van der Waals surface area contributed by atoms with Gasteiger partial charge in [-0.1, -0.05) is 39.0 Å². The lowest BCUT2D eigenvalue weighted by molar-refractivity contribution is -0.125. The molecule has 0 radical (unpaired) electrons. The third kappa shape index (κ3) is 7.78. The van der Waals surface area contributed by atoms with Gasteiger partial charge >= 0.3 is 0 Å². The molecule has 1 saturated carbocycles. The quantitative estimate of drug-likeness (QED) is 0.721. The van der Waals surface area contributed by atoms with Gasteiger partial charge in [0.15, 0.2) is 0 Å². The Kier molecular flexibility index (Phi) is 10.3. The van der Waals surface area contributed by atoms with Crippen LogP contribution >= 0.6 is 12.4 Å². The van der Waals surface area contributed by atoms with Crippen LogP contribution in [0.4, 0.5) is 0 Å². The van der Waals surface area contributed by atoms with E-state index in [0.29, 0.717) is 0 Å². The molecule has 2 atom stereocenters. The molecule has 3 nitrogen and oxygen atoms in total. The van der Waals surface area contributed by atoms with Crippen molar-refractivity contribution < 1.29 is 4.79 Å². The summed E-state index contributed by atoms with van der Waals surface area (Å²) in [5.41, 5.74) is 5.69. The Morgan fingerprint density at radius 1 is 1.32 bits per heavy atom. The summed E-state index contributed by atoms with van der Waals surface area (Å²) in [4.78, 5) is 12.2. The molecule has 0 heterocycles. The zero-order valence-electron chi connectivity index (χ0n) is 12.5. The van der Waals surface area contributed by atoms with E-state index in [4.69, 9.17) is 5.73 Å². The first-order chi connectivity index (χ1) is 8.63. The van der Waals surface area contributed by atoms with E-state index in [-0.39, 0.29) is 30.3 Å². The average molecular weight is 291 g/mol. The first-order valence-electron chi connectivity index (χ1n) is 7.66. The van der Waals surface area contributed by atoms with Crippen molar-refractivity contribution >= 4 is 18.3 Å². The second kappa shape index (κ2) is 10.5. The minimum atomic E-state index is 0. The van der Waals surface area contributed by atoms with Gasteiger partial charge in [-0.2, -0.15) is 0 Å². The van der Waals surface area contributed by atoms with Gasteiger partial charge in [0, 0.05) is 18.5 Å². The monoisotopic (exact) mass is 290 g/mol. The molecule has 1 aliphatic carbocycles. The van der Waals surface area contributed by atoms with Crippen LogP contribution in [0, 0.1) is 11.8 Å². The van der Waals surface area contributed by atoms with E-state index >= 15 is 0 Å². The summed E-state index contributed by atoms with van der Waals surface area (Å²) in [5.74, 6) is 1.27. The Morgan fingerprint density at radius 3 is 2.47 bits per heavy atom. The van der Waals surface area contributed by atoms with Crippen molar-refractivity contribution in [2.24, 2.45) is 17.6 Å². The highest BCUT2D eigenvalue weighted by atomic mass is 35.5. The fraction of sp³-hybridized carbons (Fsp3) is 0.933. The Labute approximate surface area is 124 Å². The van der Waals surface area contributed by atoms with Gasteiger partial charge < -0.3 is 11.1 Å². The fourth-order valence-corrected chi connectivity index (χ4v) is 2.92. The lowest BCUT2D eigenvalue weighted by Crippen LogP contribution is -2.34. The van der Waals surface area contributed by atoms with Gasteiger partial charge in [0.1, 0.15) is 0 Å². The van der Waals surface area contributed by atoms with Gasteiger partial charge in [0.2, 0.25) is 5.91 Å². The van der Waals surface area contributed by atoms with E-state index < -0.39 is 0 Å². The molecule has 114 valence electrons. The molecular weight excluding hydrogens is 260 g/mol. The van der Waals surface area contributed by atoms with Crippen molar-refractivity contribution in [3.63, 3.8) is 0 Å². The molecule has 0 bridgehead atoms. The Hall–Kier alpha value is -0.280. The van der Waals surface area contributed by atoms with Crippen LogP contribution in [0.15, 0.2) is 0 Å². The highest BCUT2D eigenvalue weighted by molar-refractivity contribution is 5.85. The number of carbonyl (C=O) groups excluding carboxylic acids is 1. The number of hydrogen-bond donors (Lipinski definition) is 2. The number of amides is 1. The van der Waals surface area contributed by atoms with Gasteiger partial charge in [0.25, 0.3) is 0 Å². The standard InChI is InChI=1S/C15H30N2O.ClH/c1-3-6-14(11-13-7-4-5-8-13)15(18)17-10-9-12(2)16;/h12-14H,3-11,16H2,1-2H3,(H,17,18);1H. The van der Waals surface area contributed by atoms with Crippen LogP contribution in [-0.2, 0) is 4.79 Å². The molecule has 0 aromatic heterocycles. The van der Waals surface area contributed by atoms with Crippen LogP contribution in [0.1, 0.15) is 65.2 Å². The summed E-state index contributed by atoms with van der Waals surface area (Å²) >= 11 is 0. The number of halogens is 1. The number of nitrogens with one attached hydrogen (secondary N) is 1. The lowest BCUT2D eigenvalue weighted by Gasteiger charge is -2.20. The molecular formula is C15H31ClN2O. The van der Waals surface area contributed by atoms with Crippen LogP contribution in [-0.4, -0.2) is 18.5 Å². The van der Waals surface area contributed by atoms with E-state index in [0.717, 1.165) is 38.1 Å². The molecule has 1 rings (SSSR count). The van der Waals surface area contributed by atoms with Gasteiger partial charge in [-0.3, -0.25) is 4.79 Å². The Morgan fingerprint density at radius 2 is 1.95 bits per heavy atom. The summed E-state index contributed by atoms with van der Waals surface area (Å²) in [5, 5.41) is 3.05. The van der Waals surface area contributed by atoms with Crippen molar-refractivity contribution in [2.45, 2.75) is 71.3 Å². The summed E-state index contributed by atoms with van der Waals surface area (Å²) in [6, 6.07) is 0.171. The minimum absolute atomic E-state index is 0. The van der Waals surface area contributed by atoms with E-state index in [1.807, 2.05) is 6.92 Å². The molecule has 0 aromatic carbocycles. The summed E-state index contributed by atoms with van der Waals surface area (Å²) in [7, 11) is 0. The number of rotatable bonds is 8. The molecule has 0 aromatic rings. The predicted molar refractivity (Wildman–Crippen MR) is 83.5 cm³/mol. The summed E-state index contributed by atoms with van der Waals surface area (Å²) in [6.07, 6.45) is 9.46. The van der Waals surface area contributed by atoms with E-state index in [1.54, 1.807) is 0 Å². The van der Waals surface area contributed by atoms with Crippen molar-refractivity contribution in [3.05, 3.63) is 0 Å². The SMILES string of the molecule is CCCC(CC1CCCC1)C(=O)NCCC(C)N.Cl. The van der Waals surface area contributed by atoms with Crippen molar-refractivity contribution in [1.29, 1.82) is 0 Å². The van der Waals surface area contributed by atoms with Crippen molar-refractivity contribution in [1.82, 2.24) is 5.32 Å². The lowest BCUT2D eigenvalue weighted by atomic mass is 9.89. The van der Waals surface area contributed by atoms with E-state index in [1.165, 1.54) is 25.7 Å². The zero-order valence-corrected chi connectivity index (χ0v) is 13.3. The molecule has 19 heavy (non-hydrogen) atoms. The van der Waals surface area contributed by atoms with Crippen LogP contribution in [0.25, 0.3) is 0 Å². The molecule has 0 aliphatic heterocycles. The fourth-order valence-electron chi connectivity index (χ4n) is 2.92. The normalized spacial score (nSPS) is 18.7. The molecule has 0 saturated heterocycles. The number of carbonyl (C=O) groups is 1. The van der Waals surface area contributed by atoms with Crippen molar-refractivity contribution in [2.75, 3.05) is 6.54 Å². The maximum absolute atomic E-state index is 12.2. The van der Waals surface area contributed by atoms with E-state index in [2.05, 4.69) is 12.2 Å². The molecule has 3 N–H and O–H groups in total. The maximum atomic E-state index is 12.2. The smallest absolute Gasteiger partial charge is 0.223 e. The Bertz CT molecular complexity index is 240. The predicted octanol–water partition coefficient (Wildman–Crippen LogP) is 3.26. The first-order valence-corrected chi connectivity index (χ1v) is 7.66. The first kappa shape index (κ1) is 18.7. The average Bonchev–Trinajstić information content (AvgIpc) is 2.80. The largest absolute Gasteiger partial charge is 0.356 e. The van der Waals surface area contributed by atoms with E-state index in [9.17, 15) is 4.79 Å². The molecule has 4 heteroatoms. The minimum Gasteiger partial charge on any atom is -0.356 e. The van der Waals surface area contributed by atoms with Crippen LogP contribution < -0.4 is 11.1 Å². The molecule has 1 aliphatic rings. The van der Waals surface area contributed by atoms with Crippen molar-refractivity contribution in [3.8, 4) is 0 Å². The summed E-state index contributed by atoms with van der Waals surface area (Å²) < 4.78 is 0. The van der Waals surface area contributed by atoms with Gasteiger partial charge in [-0.25, -0.2) is 0 Å². The summed E-state index contributed by atoms with van der Waals surface area (Å²) in [6.45, 7) is 4.87. The second-order valence-electron chi connectivity index (χ2n) is 5.93. The third-order valence-corrected chi connectivity index (χ3v) is 4.00. The maximum Gasteiger partial charge on any atom is 0.223 e.